The molecule has 0 heterocycles. The van der Waals surface area contributed by atoms with Crippen molar-refractivity contribution in [3.8, 4) is 122 Å². The summed E-state index contributed by atoms with van der Waals surface area (Å²) in [7, 11) is 0. The van der Waals surface area contributed by atoms with Crippen molar-refractivity contribution in [2.45, 2.75) is 26.2 Å². The summed E-state index contributed by atoms with van der Waals surface area (Å²) in [6.07, 6.45) is 0. The Labute approximate surface area is 784 Å². The average molecular weight is 1710 g/mol. The number of benzene rings is 25. The fraction of sp³-hybridized carbons (Fsp3) is 0.0299. The molecule has 0 N–H and O–H groups in total. The quantitative estimate of drug-likeness (QED) is 0.113. The minimum Gasteiger partial charge on any atom is -0.0622 e. The lowest BCUT2D eigenvalue weighted by Crippen LogP contribution is -2.10. The summed E-state index contributed by atoms with van der Waals surface area (Å²) in [6.45, 7) is 6.86. The molecule has 25 rings (SSSR count). The van der Waals surface area contributed by atoms with E-state index in [1.165, 1.54) is 236 Å². The van der Waals surface area contributed by atoms with Crippen molar-refractivity contribution in [2.24, 2.45) is 0 Å². The van der Waals surface area contributed by atoms with Gasteiger partial charge in [-0.25, -0.2) is 0 Å². The van der Waals surface area contributed by atoms with Gasteiger partial charge in [0.2, 0.25) is 0 Å². The Morgan fingerprint density at radius 2 is 0.321 bits per heavy atom. The maximum atomic E-state index is 2.41. The van der Waals surface area contributed by atoms with Gasteiger partial charge in [0, 0.05) is 0 Å². The smallest absolute Gasteiger partial charge is 0.00262 e. The van der Waals surface area contributed by atoms with E-state index in [1.807, 2.05) is 0 Å². The maximum Gasteiger partial charge on any atom is -0.00262 e. The van der Waals surface area contributed by atoms with Gasteiger partial charge in [-0.05, 0) is 271 Å². The fourth-order valence-electron chi connectivity index (χ4n) is 20.5. The lowest BCUT2D eigenvalue weighted by molar-refractivity contribution is 0.591. The highest BCUT2D eigenvalue weighted by atomic mass is 14.3. The third-order valence-electron chi connectivity index (χ3n) is 26.8. The van der Waals surface area contributed by atoms with Gasteiger partial charge in [0.1, 0.15) is 0 Å². The van der Waals surface area contributed by atoms with Crippen LogP contribution in [0.3, 0.4) is 0 Å². The largest absolute Gasteiger partial charge is 0.0622 e. The molecule has 0 fully saturated rings. The van der Waals surface area contributed by atoms with E-state index < -0.39 is 0 Å². The molecule has 0 unspecified atom stereocenters. The van der Waals surface area contributed by atoms with Crippen LogP contribution >= 0.6 is 0 Å². The van der Waals surface area contributed by atoms with Crippen molar-refractivity contribution in [1.29, 1.82) is 0 Å². The van der Waals surface area contributed by atoms with E-state index >= 15 is 0 Å². The molecule has 0 amide bonds. The molecule has 0 spiro atoms. The second-order valence-electron chi connectivity index (χ2n) is 35.9. The average Bonchev–Trinajstić information content (AvgIpc) is 0.744. The van der Waals surface area contributed by atoms with Crippen LogP contribution in [-0.4, -0.2) is 0 Å². The Morgan fingerprint density at radius 1 is 0.112 bits per heavy atom. The van der Waals surface area contributed by atoms with Gasteiger partial charge in [0.05, 0.1) is 0 Å². The van der Waals surface area contributed by atoms with Crippen molar-refractivity contribution < 1.29 is 0 Å². The van der Waals surface area contributed by atoms with E-state index in [2.05, 4.69) is 549 Å². The van der Waals surface area contributed by atoms with Crippen LogP contribution in [0.2, 0.25) is 0 Å². The van der Waals surface area contributed by atoms with Gasteiger partial charge in [0.25, 0.3) is 0 Å². The zero-order valence-electron chi connectivity index (χ0n) is 75.2. The number of hydrogen-bond acceptors (Lipinski definition) is 0. The normalized spacial score (nSPS) is 11.4. The van der Waals surface area contributed by atoms with E-state index in [9.17, 15) is 0 Å². The molecule has 0 aliphatic rings. The van der Waals surface area contributed by atoms with Gasteiger partial charge in [-0.3, -0.25) is 0 Å². The second kappa shape index (κ2) is 36.6. The van der Waals surface area contributed by atoms with Crippen LogP contribution in [0, 0.1) is 0 Å². The van der Waals surface area contributed by atoms with E-state index in [0.29, 0.717) is 0 Å². The third kappa shape index (κ3) is 16.0. The SMILES string of the molecule is CC(C)(C)c1ccc2c(-c3ccccc3)c3ccccc3c(-c3ccccc3)c2c1.c1ccc(-c2c3ccccc3c(-c3ccccc3)c3cc(-c4ccc5ccccc5c4)ccc23)cc1.c1ccc(-c2c3ccccc3c(-c3ccccc3)c3cc(-c4cccc5ccccc45)ccc23)cc1.c1ccc(-c2ccc3c(-c4ccccc4)c4ccccc4c(-c4ccccc4)c3c2)cc1. The minimum atomic E-state index is 0.0979. The van der Waals surface area contributed by atoms with E-state index in [-0.39, 0.29) is 5.41 Å². The second-order valence-corrected chi connectivity index (χ2v) is 35.9. The van der Waals surface area contributed by atoms with Gasteiger partial charge >= 0.3 is 0 Å². The molecule has 0 aromatic heterocycles. The Morgan fingerprint density at radius 3 is 0.642 bits per heavy atom. The molecule has 0 nitrogen and oxygen atoms in total. The van der Waals surface area contributed by atoms with E-state index in [1.54, 1.807) is 0 Å². The van der Waals surface area contributed by atoms with Crippen molar-refractivity contribution in [3.05, 3.63) is 533 Å². The summed E-state index contributed by atoms with van der Waals surface area (Å²) in [5.41, 5.74) is 29.4. The number of fused-ring (bicyclic) bond motifs is 10. The Kier molecular flexibility index (Phi) is 22.6. The lowest BCUT2D eigenvalue weighted by Gasteiger charge is -2.23. The molecular weight excluding hydrogens is 1610 g/mol. The number of hydrogen-bond donors (Lipinski definition) is 0. The number of rotatable bonds is 11. The molecule has 0 atom stereocenters. The first-order chi connectivity index (χ1) is 66.2. The lowest BCUT2D eigenvalue weighted by atomic mass is 9.81. The highest BCUT2D eigenvalue weighted by Crippen LogP contribution is 2.51. The highest BCUT2D eigenvalue weighted by Gasteiger charge is 2.25. The maximum absolute atomic E-state index is 2.41. The van der Waals surface area contributed by atoms with E-state index in [0.717, 1.165) is 0 Å². The minimum absolute atomic E-state index is 0.0979. The van der Waals surface area contributed by atoms with Crippen molar-refractivity contribution in [1.82, 2.24) is 0 Å². The van der Waals surface area contributed by atoms with Gasteiger partial charge in [0.15, 0.2) is 0 Å². The first-order valence-corrected chi connectivity index (χ1v) is 46.6. The first kappa shape index (κ1) is 82.8. The van der Waals surface area contributed by atoms with Crippen molar-refractivity contribution in [2.75, 3.05) is 0 Å². The van der Waals surface area contributed by atoms with Crippen LogP contribution in [0.1, 0.15) is 26.3 Å². The molecule has 0 radical (unpaired) electrons. The Hall–Kier alpha value is -16.9. The first-order valence-electron chi connectivity index (χ1n) is 46.6. The zero-order chi connectivity index (χ0) is 89.8. The summed E-state index contributed by atoms with van der Waals surface area (Å²) >= 11 is 0. The van der Waals surface area contributed by atoms with Gasteiger partial charge in [-0.2, -0.15) is 0 Å². The van der Waals surface area contributed by atoms with Crippen LogP contribution < -0.4 is 0 Å². The summed E-state index contributed by atoms with van der Waals surface area (Å²) in [4.78, 5) is 0. The fourth-order valence-corrected chi connectivity index (χ4v) is 20.5. The molecule has 0 heteroatoms. The molecule has 0 bridgehead atoms. The summed E-state index contributed by atoms with van der Waals surface area (Å²) < 4.78 is 0. The Bertz CT molecular complexity index is 8610. The molecule has 25 aromatic carbocycles. The molecule has 0 saturated carbocycles. The monoisotopic (exact) mass is 1700 g/mol. The van der Waals surface area contributed by atoms with Crippen LogP contribution in [0.5, 0.6) is 0 Å². The predicted octanol–water partition coefficient (Wildman–Crippen LogP) is 37.9. The summed E-state index contributed by atoms with van der Waals surface area (Å²) in [6, 6.07) is 191. The molecule has 632 valence electrons. The standard InChI is InChI=1S/2C36H24.C32H22.C30H26/c1-3-13-26(14-4-1)35-31-19-9-10-20-32(31)36(27-15-5-2-6-16-27)34-24-28(22-23-33(34)35)30-21-11-17-25-12-7-8-18-29(25)30;1-3-12-26(13-4-1)35-31-17-9-10-18-32(31)36(27-14-5-2-6-15-27)34-24-30(21-22-33(34)35)29-20-19-25-11-7-8-16-28(25)23-29;1-4-12-23(13-5-1)26-20-21-29-30(22-26)32(25-16-8-3-9-17-25)28-19-11-10-18-27(28)31(29)24-14-6-2-7-15-24;1-30(2,3)23-18-19-26-27(20-23)29(22-14-8-5-9-15-22)25-17-11-10-16-24(25)28(26)21-12-6-4-7-13-21/h2*1-24H;1-22H;4-20H,1-3H3. The molecule has 25 aromatic rings. The van der Waals surface area contributed by atoms with Gasteiger partial charge in [-0.1, -0.05) is 518 Å². The van der Waals surface area contributed by atoms with Gasteiger partial charge in [-0.15, -0.1) is 0 Å². The van der Waals surface area contributed by atoms with Crippen LogP contribution in [0.4, 0.5) is 0 Å². The predicted molar refractivity (Wildman–Crippen MR) is 579 cm³/mol. The molecule has 0 aliphatic carbocycles. The van der Waals surface area contributed by atoms with Crippen LogP contribution in [0.15, 0.2) is 528 Å². The van der Waals surface area contributed by atoms with Crippen molar-refractivity contribution in [3.63, 3.8) is 0 Å². The highest BCUT2D eigenvalue weighted by molar-refractivity contribution is 6.26. The molecule has 0 aliphatic heterocycles. The summed E-state index contributed by atoms with van der Waals surface area (Å²) in [5.74, 6) is 0. The van der Waals surface area contributed by atoms with Gasteiger partial charge < -0.3 is 0 Å². The zero-order valence-corrected chi connectivity index (χ0v) is 75.2. The molecule has 134 heavy (non-hydrogen) atoms. The molecule has 0 saturated heterocycles. The third-order valence-corrected chi connectivity index (χ3v) is 26.8. The molecular formula is C134H96. The van der Waals surface area contributed by atoms with Crippen LogP contribution in [0.25, 0.3) is 230 Å². The summed E-state index contributed by atoms with van der Waals surface area (Å²) in [5, 5.41) is 25.7. The Balaban J connectivity index is 0.000000104. The van der Waals surface area contributed by atoms with Crippen molar-refractivity contribution >= 4 is 108 Å². The van der Waals surface area contributed by atoms with E-state index in [4.69, 9.17) is 0 Å². The topological polar surface area (TPSA) is 0 Å². The van der Waals surface area contributed by atoms with Crippen LogP contribution in [-0.2, 0) is 5.41 Å².